The smallest absolute Gasteiger partial charge is 0.241 e. The van der Waals surface area contributed by atoms with Crippen LogP contribution in [0.5, 0.6) is 0 Å². The lowest BCUT2D eigenvalue weighted by atomic mass is 10.1. The molecule has 3 nitrogen and oxygen atoms in total. The van der Waals surface area contributed by atoms with Gasteiger partial charge in [0, 0.05) is 22.3 Å². The second kappa shape index (κ2) is 7.35. The van der Waals surface area contributed by atoms with Crippen LogP contribution in [0.4, 0.5) is 5.69 Å². The van der Waals surface area contributed by atoms with E-state index in [1.807, 2.05) is 42.5 Å². The van der Waals surface area contributed by atoms with Gasteiger partial charge in [-0.15, -0.1) is 0 Å². The number of amides is 1. The van der Waals surface area contributed by atoms with Gasteiger partial charge in [-0.05, 0) is 49.2 Å². The molecule has 5 heteroatoms. The van der Waals surface area contributed by atoms with Crippen LogP contribution in [0.25, 0.3) is 0 Å². The van der Waals surface area contributed by atoms with Gasteiger partial charge < -0.3 is 5.32 Å². The number of carbonyl (C=O) groups is 1. The molecule has 0 radical (unpaired) electrons. The van der Waals surface area contributed by atoms with Crippen molar-refractivity contribution in [2.75, 3.05) is 11.9 Å². The highest BCUT2D eigenvalue weighted by Gasteiger charge is 2.30. The minimum absolute atomic E-state index is 0.0405. The summed E-state index contributed by atoms with van der Waals surface area (Å²) >= 11 is 12.2. The van der Waals surface area contributed by atoms with Gasteiger partial charge in [0.05, 0.1) is 6.04 Å². The lowest BCUT2D eigenvalue weighted by Crippen LogP contribution is -2.39. The first-order valence-electron chi connectivity index (χ1n) is 7.67. The van der Waals surface area contributed by atoms with Crippen LogP contribution in [-0.4, -0.2) is 23.4 Å². The third-order valence-electron chi connectivity index (χ3n) is 4.10. The Kier molecular flexibility index (Phi) is 5.21. The standard InChI is InChI=1S/C18H18Cl2N2O/c19-14-9-8-13(16(20)11-14)12-22-10-4-7-17(22)18(23)21-15-5-2-1-3-6-15/h1-3,5-6,8-9,11,17H,4,7,10,12H2,(H,21,23)/t17-/m0/s1. The Balaban J connectivity index is 1.68. The molecule has 0 aromatic heterocycles. The molecule has 0 spiro atoms. The molecule has 120 valence electrons. The molecule has 23 heavy (non-hydrogen) atoms. The molecule has 2 aromatic carbocycles. The van der Waals surface area contributed by atoms with E-state index in [1.165, 1.54) is 0 Å². The van der Waals surface area contributed by atoms with Crippen LogP contribution in [0.2, 0.25) is 10.0 Å². The van der Waals surface area contributed by atoms with E-state index in [0.29, 0.717) is 16.6 Å². The Labute approximate surface area is 146 Å². The number of nitrogens with zero attached hydrogens (tertiary/aromatic N) is 1. The number of benzene rings is 2. The van der Waals surface area contributed by atoms with E-state index in [1.54, 1.807) is 6.07 Å². The van der Waals surface area contributed by atoms with E-state index in [-0.39, 0.29) is 11.9 Å². The number of likely N-dealkylation sites (tertiary alicyclic amines) is 1. The fourth-order valence-electron chi connectivity index (χ4n) is 2.93. The third-order valence-corrected chi connectivity index (χ3v) is 4.68. The monoisotopic (exact) mass is 348 g/mol. The molecule has 1 amide bonds. The predicted molar refractivity (Wildman–Crippen MR) is 95.0 cm³/mol. The number of nitrogens with one attached hydrogen (secondary N) is 1. The van der Waals surface area contributed by atoms with Crippen LogP contribution in [0.15, 0.2) is 48.5 Å². The maximum atomic E-state index is 12.5. The maximum Gasteiger partial charge on any atom is 0.241 e. The second-order valence-electron chi connectivity index (χ2n) is 5.72. The number of hydrogen-bond acceptors (Lipinski definition) is 2. The maximum absolute atomic E-state index is 12.5. The van der Waals surface area contributed by atoms with Gasteiger partial charge in [0.1, 0.15) is 0 Å². The molecule has 1 fully saturated rings. The molecule has 1 N–H and O–H groups in total. The number of hydrogen-bond donors (Lipinski definition) is 1. The molecule has 1 atom stereocenters. The highest BCUT2D eigenvalue weighted by Crippen LogP contribution is 2.26. The summed E-state index contributed by atoms with van der Waals surface area (Å²) < 4.78 is 0. The van der Waals surface area contributed by atoms with E-state index in [9.17, 15) is 4.79 Å². The molecule has 1 heterocycles. The quantitative estimate of drug-likeness (QED) is 0.875. The largest absolute Gasteiger partial charge is 0.325 e. The average Bonchev–Trinajstić information content (AvgIpc) is 2.99. The Bertz CT molecular complexity index is 691. The Morgan fingerprint density at radius 2 is 1.96 bits per heavy atom. The van der Waals surface area contributed by atoms with Gasteiger partial charge >= 0.3 is 0 Å². The van der Waals surface area contributed by atoms with Crippen molar-refractivity contribution in [2.24, 2.45) is 0 Å². The van der Waals surface area contributed by atoms with Crippen molar-refractivity contribution in [3.63, 3.8) is 0 Å². The molecule has 1 saturated heterocycles. The van der Waals surface area contributed by atoms with Crippen LogP contribution < -0.4 is 5.32 Å². The van der Waals surface area contributed by atoms with Crippen LogP contribution in [0.1, 0.15) is 18.4 Å². The van der Waals surface area contributed by atoms with Crippen molar-refractivity contribution in [3.05, 3.63) is 64.1 Å². The minimum Gasteiger partial charge on any atom is -0.325 e. The van der Waals surface area contributed by atoms with Gasteiger partial charge in [0.25, 0.3) is 0 Å². The van der Waals surface area contributed by atoms with Gasteiger partial charge in [-0.1, -0.05) is 47.5 Å². The molecular formula is C18H18Cl2N2O. The number of anilines is 1. The molecule has 1 aliphatic rings. The lowest BCUT2D eigenvalue weighted by Gasteiger charge is -2.24. The molecule has 0 bridgehead atoms. The molecule has 1 aliphatic heterocycles. The molecule has 0 saturated carbocycles. The topological polar surface area (TPSA) is 32.3 Å². The fourth-order valence-corrected chi connectivity index (χ4v) is 3.40. The number of rotatable bonds is 4. The summed E-state index contributed by atoms with van der Waals surface area (Å²) in [5.74, 6) is 0.0405. The summed E-state index contributed by atoms with van der Waals surface area (Å²) in [7, 11) is 0. The van der Waals surface area contributed by atoms with Gasteiger partial charge in [-0.25, -0.2) is 0 Å². The SMILES string of the molecule is O=C(Nc1ccccc1)[C@@H]1CCCN1Cc1ccc(Cl)cc1Cl. The van der Waals surface area contributed by atoms with E-state index >= 15 is 0 Å². The van der Waals surface area contributed by atoms with E-state index in [2.05, 4.69) is 10.2 Å². The van der Waals surface area contributed by atoms with E-state index < -0.39 is 0 Å². The fraction of sp³-hybridized carbons (Fsp3) is 0.278. The molecular weight excluding hydrogens is 331 g/mol. The first-order chi connectivity index (χ1) is 11.1. The zero-order valence-electron chi connectivity index (χ0n) is 12.6. The predicted octanol–water partition coefficient (Wildman–Crippen LogP) is 4.60. The summed E-state index contributed by atoms with van der Waals surface area (Å²) in [6.45, 7) is 1.55. The Morgan fingerprint density at radius 1 is 1.17 bits per heavy atom. The van der Waals surface area contributed by atoms with Gasteiger partial charge in [0.15, 0.2) is 0 Å². The van der Waals surface area contributed by atoms with Crippen molar-refractivity contribution in [1.82, 2.24) is 4.90 Å². The van der Waals surface area contributed by atoms with Crippen LogP contribution in [0.3, 0.4) is 0 Å². The van der Waals surface area contributed by atoms with Gasteiger partial charge in [-0.3, -0.25) is 9.69 Å². The summed E-state index contributed by atoms with van der Waals surface area (Å²) in [6.07, 6.45) is 1.88. The van der Waals surface area contributed by atoms with E-state index in [4.69, 9.17) is 23.2 Å². The Morgan fingerprint density at radius 3 is 2.70 bits per heavy atom. The lowest BCUT2D eigenvalue weighted by molar-refractivity contribution is -0.120. The molecule has 2 aromatic rings. The minimum atomic E-state index is -0.123. The van der Waals surface area contributed by atoms with Crippen LogP contribution in [0, 0.1) is 0 Å². The first kappa shape index (κ1) is 16.3. The Hall–Kier alpha value is -1.55. The van der Waals surface area contributed by atoms with Crippen molar-refractivity contribution >= 4 is 34.8 Å². The van der Waals surface area contributed by atoms with Crippen molar-refractivity contribution in [2.45, 2.75) is 25.4 Å². The van der Waals surface area contributed by atoms with Crippen molar-refractivity contribution < 1.29 is 4.79 Å². The highest BCUT2D eigenvalue weighted by atomic mass is 35.5. The zero-order chi connectivity index (χ0) is 16.2. The zero-order valence-corrected chi connectivity index (χ0v) is 14.1. The second-order valence-corrected chi connectivity index (χ2v) is 6.56. The summed E-state index contributed by atoms with van der Waals surface area (Å²) in [6, 6.07) is 14.9. The van der Waals surface area contributed by atoms with Crippen LogP contribution in [-0.2, 0) is 11.3 Å². The normalized spacial score (nSPS) is 18.1. The number of carbonyl (C=O) groups excluding carboxylic acids is 1. The van der Waals surface area contributed by atoms with Crippen LogP contribution >= 0.6 is 23.2 Å². The van der Waals surface area contributed by atoms with Gasteiger partial charge in [-0.2, -0.15) is 0 Å². The summed E-state index contributed by atoms with van der Waals surface area (Å²) in [5.41, 5.74) is 1.82. The van der Waals surface area contributed by atoms with Gasteiger partial charge in [0.2, 0.25) is 5.91 Å². The van der Waals surface area contributed by atoms with E-state index in [0.717, 1.165) is 30.6 Å². The molecule has 0 aliphatic carbocycles. The third kappa shape index (κ3) is 4.05. The molecule has 3 rings (SSSR count). The number of halogens is 2. The molecule has 0 unspecified atom stereocenters. The first-order valence-corrected chi connectivity index (χ1v) is 8.43. The summed E-state index contributed by atoms with van der Waals surface area (Å²) in [4.78, 5) is 14.7. The van der Waals surface area contributed by atoms with Crippen molar-refractivity contribution in [1.29, 1.82) is 0 Å². The average molecular weight is 349 g/mol. The number of para-hydroxylation sites is 1. The summed E-state index contributed by atoms with van der Waals surface area (Å²) in [5, 5.41) is 4.26. The van der Waals surface area contributed by atoms with Crippen molar-refractivity contribution in [3.8, 4) is 0 Å². The highest BCUT2D eigenvalue weighted by molar-refractivity contribution is 6.35.